The first-order valence-electron chi connectivity index (χ1n) is 12.5. The Morgan fingerprint density at radius 3 is 2.61 bits per heavy atom. The van der Waals surface area contributed by atoms with Gasteiger partial charge >= 0.3 is 0 Å². The molecular formula is C29H33FN5OPS. The number of thiazole rings is 1. The highest BCUT2D eigenvalue weighted by molar-refractivity contribution is 7.70. The fourth-order valence-electron chi connectivity index (χ4n) is 3.72. The molecule has 0 radical (unpaired) electrons. The lowest BCUT2D eigenvalue weighted by molar-refractivity contribution is 0.588. The molecule has 198 valence electrons. The minimum atomic E-state index is -2.32. The van der Waals surface area contributed by atoms with Crippen molar-refractivity contribution in [2.45, 2.75) is 33.1 Å². The third-order valence-corrected chi connectivity index (χ3v) is 8.74. The van der Waals surface area contributed by atoms with Crippen LogP contribution >= 0.6 is 18.5 Å². The number of guanidine groups is 1. The average Bonchev–Trinajstić information content (AvgIpc) is 3.32. The minimum absolute atomic E-state index is 0.0832. The number of benzene rings is 2. The third-order valence-electron chi connectivity index (χ3n) is 6.01. The van der Waals surface area contributed by atoms with E-state index in [1.54, 1.807) is 19.4 Å². The number of hydrogen-bond acceptors (Lipinski definition) is 5. The number of rotatable bonds is 7. The summed E-state index contributed by atoms with van der Waals surface area (Å²) in [5.74, 6) is 1.32. The number of anilines is 1. The Morgan fingerprint density at radius 2 is 1.95 bits per heavy atom. The van der Waals surface area contributed by atoms with Gasteiger partial charge in [-0.15, -0.1) is 0 Å². The highest BCUT2D eigenvalue weighted by Gasteiger charge is 2.16. The molecule has 38 heavy (non-hydrogen) atoms. The standard InChI is InChI=1S/C29H33FN5OPS/c1-19(2)26-18-31-29(38-26)35-28-33-25(15-10-21-7-6-8-22(30)17-21)20(3)9-16-27(34-28)32-23-11-13-24(14-12-23)37(4,5)36/h6-8,10-20,32H,9H2,1-5H3,(H,31,34,35)/b15-10+,27-16?,33-25?. The van der Waals surface area contributed by atoms with E-state index in [1.807, 2.05) is 48.7 Å². The van der Waals surface area contributed by atoms with E-state index in [0.717, 1.165) is 39.4 Å². The molecule has 6 nitrogen and oxygen atoms in total. The van der Waals surface area contributed by atoms with E-state index >= 15 is 0 Å². The van der Waals surface area contributed by atoms with Gasteiger partial charge in [0.15, 0.2) is 0 Å². The molecule has 1 aliphatic rings. The minimum Gasteiger partial charge on any atom is -0.342 e. The van der Waals surface area contributed by atoms with Gasteiger partial charge in [-0.1, -0.05) is 50.3 Å². The van der Waals surface area contributed by atoms with Crippen LogP contribution in [0.2, 0.25) is 0 Å². The first kappa shape index (κ1) is 27.7. The SMILES string of the molecule is CC1CC=C(Nc2ccc(P(C)(C)=O)cc2)NC(=Nc2ncc(C(C)C)s2)N=C1/C=C/c1cccc(F)c1. The second kappa shape index (κ2) is 12.0. The Balaban J connectivity index is 1.64. The lowest BCUT2D eigenvalue weighted by Crippen LogP contribution is -2.29. The topological polar surface area (TPSA) is 78.7 Å². The van der Waals surface area contributed by atoms with Crippen LogP contribution in [0.15, 0.2) is 82.7 Å². The van der Waals surface area contributed by atoms with Crippen molar-refractivity contribution in [3.63, 3.8) is 0 Å². The molecule has 2 aromatic carbocycles. The molecule has 0 fully saturated rings. The van der Waals surface area contributed by atoms with Crippen molar-refractivity contribution < 1.29 is 8.96 Å². The van der Waals surface area contributed by atoms with Gasteiger partial charge < -0.3 is 15.2 Å². The summed E-state index contributed by atoms with van der Waals surface area (Å²) in [4.78, 5) is 15.2. The fraction of sp³-hybridized carbons (Fsp3) is 0.276. The zero-order valence-electron chi connectivity index (χ0n) is 22.3. The van der Waals surface area contributed by atoms with Gasteiger partial charge in [0, 0.05) is 33.7 Å². The molecule has 2 heterocycles. The summed E-state index contributed by atoms with van der Waals surface area (Å²) in [6.45, 7) is 9.88. The molecule has 0 aliphatic carbocycles. The summed E-state index contributed by atoms with van der Waals surface area (Å²) in [5.41, 5.74) is 2.45. The summed E-state index contributed by atoms with van der Waals surface area (Å²) < 4.78 is 26.1. The van der Waals surface area contributed by atoms with Gasteiger partial charge in [0.2, 0.25) is 11.1 Å². The Bertz CT molecular complexity index is 1450. The summed E-state index contributed by atoms with van der Waals surface area (Å²) in [6, 6.07) is 14.1. The van der Waals surface area contributed by atoms with Gasteiger partial charge in [0.1, 0.15) is 18.8 Å². The van der Waals surface area contributed by atoms with Gasteiger partial charge in [-0.05, 0) is 79.8 Å². The number of hydrogen-bond donors (Lipinski definition) is 2. The van der Waals surface area contributed by atoms with Crippen molar-refractivity contribution >= 4 is 52.3 Å². The number of aromatic nitrogens is 1. The van der Waals surface area contributed by atoms with Gasteiger partial charge in [0.25, 0.3) is 0 Å². The fourth-order valence-corrected chi connectivity index (χ4v) is 5.38. The Labute approximate surface area is 227 Å². The van der Waals surface area contributed by atoms with E-state index in [2.05, 4.69) is 42.5 Å². The molecule has 1 unspecified atom stereocenters. The molecule has 9 heteroatoms. The van der Waals surface area contributed by atoms with Crippen molar-refractivity contribution in [3.8, 4) is 0 Å². The zero-order chi connectivity index (χ0) is 27.3. The van der Waals surface area contributed by atoms with Crippen molar-refractivity contribution in [2.24, 2.45) is 15.9 Å². The summed E-state index contributed by atoms with van der Waals surface area (Å²) in [5, 5.41) is 8.18. The number of nitrogens with one attached hydrogen (secondary N) is 2. The Morgan fingerprint density at radius 1 is 1.18 bits per heavy atom. The van der Waals surface area contributed by atoms with Gasteiger partial charge in [-0.3, -0.25) is 0 Å². The van der Waals surface area contributed by atoms with E-state index in [9.17, 15) is 8.96 Å². The maximum Gasteiger partial charge on any atom is 0.231 e. The Hall–Kier alpha value is -3.35. The molecule has 0 saturated carbocycles. The van der Waals surface area contributed by atoms with E-state index in [0.29, 0.717) is 17.0 Å². The predicted octanol–water partition coefficient (Wildman–Crippen LogP) is 7.38. The molecule has 3 aromatic rings. The first-order valence-corrected chi connectivity index (χ1v) is 15.9. The maximum absolute atomic E-state index is 13.7. The number of nitrogens with zero attached hydrogens (tertiary/aromatic N) is 3. The lowest BCUT2D eigenvalue weighted by Gasteiger charge is -2.19. The molecule has 0 amide bonds. The second-order valence-corrected chi connectivity index (χ2v) is 14.2. The van der Waals surface area contributed by atoms with Crippen LogP contribution < -0.4 is 15.9 Å². The highest BCUT2D eigenvalue weighted by Crippen LogP contribution is 2.34. The first-order chi connectivity index (χ1) is 18.1. The molecule has 1 atom stereocenters. The molecule has 0 bridgehead atoms. The molecule has 4 rings (SSSR count). The largest absolute Gasteiger partial charge is 0.342 e. The predicted molar refractivity (Wildman–Crippen MR) is 160 cm³/mol. The van der Waals surface area contributed by atoms with Crippen LogP contribution in [0.25, 0.3) is 6.08 Å². The Kier molecular flexibility index (Phi) is 8.75. The summed E-state index contributed by atoms with van der Waals surface area (Å²) in [6.07, 6.45) is 8.43. The monoisotopic (exact) mass is 549 g/mol. The van der Waals surface area contributed by atoms with Gasteiger partial charge in [0.05, 0.1) is 0 Å². The van der Waals surface area contributed by atoms with Crippen molar-refractivity contribution in [3.05, 3.63) is 89.0 Å². The van der Waals surface area contributed by atoms with Crippen molar-refractivity contribution in [1.29, 1.82) is 0 Å². The molecule has 0 saturated heterocycles. The molecule has 2 N–H and O–H groups in total. The maximum atomic E-state index is 13.7. The zero-order valence-corrected chi connectivity index (χ0v) is 24.0. The van der Waals surface area contributed by atoms with Gasteiger partial charge in [-0.2, -0.15) is 4.99 Å². The molecule has 0 spiro atoms. The van der Waals surface area contributed by atoms with Crippen LogP contribution in [-0.2, 0) is 4.57 Å². The van der Waals surface area contributed by atoms with Crippen molar-refractivity contribution in [2.75, 3.05) is 18.6 Å². The number of halogens is 1. The smallest absolute Gasteiger partial charge is 0.231 e. The highest BCUT2D eigenvalue weighted by atomic mass is 32.1. The van der Waals surface area contributed by atoms with E-state index in [1.165, 1.54) is 23.5 Å². The van der Waals surface area contributed by atoms with E-state index in [-0.39, 0.29) is 11.7 Å². The van der Waals surface area contributed by atoms with Crippen LogP contribution in [-0.4, -0.2) is 30.0 Å². The lowest BCUT2D eigenvalue weighted by atomic mass is 9.99. The normalized spacial score (nSPS) is 17.7. The van der Waals surface area contributed by atoms with Crippen LogP contribution in [0.5, 0.6) is 0 Å². The number of aliphatic imine (C=N–C) groups is 2. The van der Waals surface area contributed by atoms with Crippen LogP contribution in [0.3, 0.4) is 0 Å². The average molecular weight is 550 g/mol. The van der Waals surface area contributed by atoms with Crippen LogP contribution in [0.1, 0.15) is 43.6 Å². The van der Waals surface area contributed by atoms with Crippen LogP contribution in [0, 0.1) is 11.7 Å². The second-order valence-electron chi connectivity index (χ2n) is 9.96. The van der Waals surface area contributed by atoms with Gasteiger partial charge in [-0.25, -0.2) is 14.4 Å². The van der Waals surface area contributed by atoms with Crippen molar-refractivity contribution in [1.82, 2.24) is 10.3 Å². The van der Waals surface area contributed by atoms with E-state index < -0.39 is 7.14 Å². The molecule has 1 aromatic heterocycles. The number of allylic oxidation sites excluding steroid dienone is 2. The summed E-state index contributed by atoms with van der Waals surface area (Å²) in [7, 11) is -2.32. The quantitative estimate of drug-likeness (QED) is 0.302. The third kappa shape index (κ3) is 7.59. The molecule has 1 aliphatic heterocycles. The summed E-state index contributed by atoms with van der Waals surface area (Å²) >= 11 is 1.54. The molecular weight excluding hydrogens is 516 g/mol. The van der Waals surface area contributed by atoms with E-state index in [4.69, 9.17) is 9.98 Å². The van der Waals surface area contributed by atoms with Crippen LogP contribution in [0.4, 0.5) is 15.2 Å².